The smallest absolute Gasteiger partial charge is 0.169 e. The Morgan fingerprint density at radius 3 is 2.69 bits per heavy atom. The van der Waals surface area contributed by atoms with Crippen LogP contribution in [0, 0.1) is 5.82 Å². The molecule has 1 aliphatic rings. The zero-order valence-electron chi connectivity index (χ0n) is 9.74. The van der Waals surface area contributed by atoms with Crippen LogP contribution in [-0.4, -0.2) is 31.3 Å². The molecule has 0 atom stereocenters. The topological polar surface area (TPSA) is 25.4 Å². The molecule has 4 heteroatoms. The maximum Gasteiger partial charge on any atom is 0.169 e. The molecule has 0 bridgehead atoms. The van der Waals surface area contributed by atoms with Crippen molar-refractivity contribution in [3.63, 3.8) is 0 Å². The van der Waals surface area contributed by atoms with E-state index in [1.54, 1.807) is 12.3 Å². The van der Waals surface area contributed by atoms with E-state index in [9.17, 15) is 4.39 Å². The number of hydrogen-bond acceptors (Lipinski definition) is 3. The second-order valence-corrected chi connectivity index (χ2v) is 4.29. The van der Waals surface area contributed by atoms with E-state index in [-0.39, 0.29) is 11.7 Å². The van der Waals surface area contributed by atoms with Gasteiger partial charge in [0.1, 0.15) is 0 Å². The molecule has 3 nitrogen and oxygen atoms in total. The Morgan fingerprint density at radius 2 is 2.06 bits per heavy atom. The first-order valence-electron chi connectivity index (χ1n) is 5.67. The summed E-state index contributed by atoms with van der Waals surface area (Å²) in [7, 11) is 0. The quantitative estimate of drug-likeness (QED) is 0.770. The molecule has 16 heavy (non-hydrogen) atoms. The van der Waals surface area contributed by atoms with Crippen LogP contribution in [0.15, 0.2) is 12.3 Å². The Labute approximate surface area is 95.2 Å². The Morgan fingerprint density at radius 1 is 1.38 bits per heavy atom. The van der Waals surface area contributed by atoms with Crippen LogP contribution in [-0.2, 0) is 4.74 Å². The highest BCUT2D eigenvalue weighted by Crippen LogP contribution is 2.25. The van der Waals surface area contributed by atoms with Gasteiger partial charge in [0.2, 0.25) is 0 Å². The normalized spacial score (nSPS) is 16.9. The Kier molecular flexibility index (Phi) is 3.39. The molecule has 0 N–H and O–H groups in total. The van der Waals surface area contributed by atoms with Crippen LogP contribution < -0.4 is 4.90 Å². The van der Waals surface area contributed by atoms with Crippen molar-refractivity contribution < 1.29 is 9.13 Å². The van der Waals surface area contributed by atoms with Crippen LogP contribution in [0.25, 0.3) is 0 Å². The van der Waals surface area contributed by atoms with E-state index in [0.717, 1.165) is 5.56 Å². The molecule has 1 aliphatic heterocycles. The first-order chi connectivity index (χ1) is 7.70. The molecule has 0 saturated carbocycles. The average molecular weight is 224 g/mol. The molecular formula is C12H17FN2O. The standard InChI is InChI=1S/C12H17FN2O/c1-9(2)10-3-4-14-12(11(10)13)15-5-7-16-8-6-15/h3-4,9H,5-8H2,1-2H3. The molecule has 1 aromatic rings. The number of nitrogens with zero attached hydrogens (tertiary/aromatic N) is 2. The van der Waals surface area contributed by atoms with E-state index in [0.29, 0.717) is 32.1 Å². The Balaban J connectivity index is 2.29. The van der Waals surface area contributed by atoms with E-state index < -0.39 is 0 Å². The van der Waals surface area contributed by atoms with Gasteiger partial charge < -0.3 is 9.64 Å². The molecule has 1 aromatic heterocycles. The number of rotatable bonds is 2. The predicted molar refractivity (Wildman–Crippen MR) is 61.3 cm³/mol. The third-order valence-electron chi connectivity index (χ3n) is 2.83. The van der Waals surface area contributed by atoms with Gasteiger partial charge in [0, 0.05) is 19.3 Å². The van der Waals surface area contributed by atoms with Crippen LogP contribution in [0.5, 0.6) is 0 Å². The minimum Gasteiger partial charge on any atom is -0.378 e. The van der Waals surface area contributed by atoms with Crippen molar-refractivity contribution in [1.82, 2.24) is 4.98 Å². The molecule has 2 heterocycles. The molecule has 0 radical (unpaired) electrons. The molecule has 1 saturated heterocycles. The first kappa shape index (κ1) is 11.3. The van der Waals surface area contributed by atoms with Crippen LogP contribution in [0.1, 0.15) is 25.3 Å². The fourth-order valence-electron chi connectivity index (χ4n) is 1.89. The second kappa shape index (κ2) is 4.78. The van der Waals surface area contributed by atoms with Crippen LogP contribution in [0.2, 0.25) is 0 Å². The highest BCUT2D eigenvalue weighted by Gasteiger charge is 2.19. The fraction of sp³-hybridized carbons (Fsp3) is 0.583. The molecule has 0 spiro atoms. The maximum atomic E-state index is 14.2. The fourth-order valence-corrected chi connectivity index (χ4v) is 1.89. The van der Waals surface area contributed by atoms with Gasteiger partial charge in [0.05, 0.1) is 13.2 Å². The molecule has 88 valence electrons. The number of pyridine rings is 1. The lowest BCUT2D eigenvalue weighted by Crippen LogP contribution is -2.37. The van der Waals surface area contributed by atoms with Gasteiger partial charge in [-0.25, -0.2) is 9.37 Å². The summed E-state index contributed by atoms with van der Waals surface area (Å²) in [5, 5.41) is 0. The summed E-state index contributed by atoms with van der Waals surface area (Å²) in [6, 6.07) is 1.75. The van der Waals surface area contributed by atoms with Gasteiger partial charge in [0.15, 0.2) is 11.6 Å². The highest BCUT2D eigenvalue weighted by atomic mass is 19.1. The minimum absolute atomic E-state index is 0.181. The van der Waals surface area contributed by atoms with Gasteiger partial charge in [-0.3, -0.25) is 0 Å². The molecule has 0 unspecified atom stereocenters. The zero-order valence-corrected chi connectivity index (χ0v) is 9.74. The van der Waals surface area contributed by atoms with Crippen LogP contribution in [0.4, 0.5) is 10.2 Å². The van der Waals surface area contributed by atoms with Gasteiger partial charge in [-0.1, -0.05) is 13.8 Å². The van der Waals surface area contributed by atoms with Gasteiger partial charge >= 0.3 is 0 Å². The van der Waals surface area contributed by atoms with Crippen molar-refractivity contribution in [3.05, 3.63) is 23.6 Å². The van der Waals surface area contributed by atoms with Gasteiger partial charge in [0.25, 0.3) is 0 Å². The van der Waals surface area contributed by atoms with Crippen molar-refractivity contribution >= 4 is 5.82 Å². The molecule has 0 amide bonds. The molecule has 1 fully saturated rings. The third-order valence-corrected chi connectivity index (χ3v) is 2.83. The van der Waals surface area contributed by atoms with Crippen molar-refractivity contribution in [1.29, 1.82) is 0 Å². The van der Waals surface area contributed by atoms with E-state index >= 15 is 0 Å². The molecule has 0 aromatic carbocycles. The van der Waals surface area contributed by atoms with Gasteiger partial charge in [-0.2, -0.15) is 0 Å². The lowest BCUT2D eigenvalue weighted by atomic mass is 10.0. The largest absolute Gasteiger partial charge is 0.378 e. The highest BCUT2D eigenvalue weighted by molar-refractivity contribution is 5.44. The Hall–Kier alpha value is -1.16. The average Bonchev–Trinajstić information content (AvgIpc) is 2.30. The van der Waals surface area contributed by atoms with E-state index in [1.807, 2.05) is 18.7 Å². The lowest BCUT2D eigenvalue weighted by molar-refractivity contribution is 0.122. The van der Waals surface area contributed by atoms with Crippen molar-refractivity contribution in [3.8, 4) is 0 Å². The maximum absolute atomic E-state index is 14.2. The van der Waals surface area contributed by atoms with Crippen LogP contribution in [0.3, 0.4) is 0 Å². The summed E-state index contributed by atoms with van der Waals surface area (Å²) in [6.07, 6.45) is 1.68. The van der Waals surface area contributed by atoms with E-state index in [1.165, 1.54) is 0 Å². The number of halogens is 1. The third kappa shape index (κ3) is 2.16. The van der Waals surface area contributed by atoms with Crippen molar-refractivity contribution in [2.45, 2.75) is 19.8 Å². The number of hydrogen-bond donors (Lipinski definition) is 0. The van der Waals surface area contributed by atoms with E-state index in [2.05, 4.69) is 4.98 Å². The van der Waals surface area contributed by atoms with Crippen LogP contribution >= 0.6 is 0 Å². The summed E-state index contributed by atoms with van der Waals surface area (Å²) in [5.74, 6) is 0.469. The lowest BCUT2D eigenvalue weighted by Gasteiger charge is -2.28. The first-order valence-corrected chi connectivity index (χ1v) is 5.67. The Bertz CT molecular complexity index is 362. The second-order valence-electron chi connectivity index (χ2n) is 4.29. The molecule has 2 rings (SSSR count). The van der Waals surface area contributed by atoms with E-state index in [4.69, 9.17) is 4.74 Å². The predicted octanol–water partition coefficient (Wildman–Crippen LogP) is 2.18. The summed E-state index contributed by atoms with van der Waals surface area (Å²) < 4.78 is 19.4. The van der Waals surface area contributed by atoms with Crippen molar-refractivity contribution in [2.24, 2.45) is 0 Å². The SMILES string of the molecule is CC(C)c1ccnc(N2CCOCC2)c1F. The molecular weight excluding hydrogens is 207 g/mol. The zero-order chi connectivity index (χ0) is 11.5. The number of morpholine rings is 1. The van der Waals surface area contributed by atoms with Crippen molar-refractivity contribution in [2.75, 3.05) is 31.2 Å². The summed E-state index contributed by atoms with van der Waals surface area (Å²) >= 11 is 0. The molecule has 0 aliphatic carbocycles. The summed E-state index contributed by atoms with van der Waals surface area (Å²) in [6.45, 7) is 6.69. The summed E-state index contributed by atoms with van der Waals surface area (Å²) in [4.78, 5) is 6.09. The van der Waals surface area contributed by atoms with Gasteiger partial charge in [-0.05, 0) is 17.5 Å². The minimum atomic E-state index is -0.181. The number of ether oxygens (including phenoxy) is 1. The monoisotopic (exact) mass is 224 g/mol. The number of anilines is 1. The van der Waals surface area contributed by atoms with Gasteiger partial charge in [-0.15, -0.1) is 0 Å². The number of aromatic nitrogens is 1. The summed E-state index contributed by atoms with van der Waals surface area (Å²) in [5.41, 5.74) is 0.733.